The smallest absolute Gasteiger partial charge is 0.320 e. The van der Waals surface area contributed by atoms with E-state index in [0.29, 0.717) is 27.4 Å². The number of aromatic nitrogens is 3. The van der Waals surface area contributed by atoms with Crippen LogP contribution in [0.25, 0.3) is 32.7 Å². The minimum atomic E-state index is -1.10. The number of nitro groups is 1. The van der Waals surface area contributed by atoms with E-state index in [-0.39, 0.29) is 12.1 Å². The van der Waals surface area contributed by atoms with Crippen LogP contribution < -0.4 is 11.5 Å². The monoisotopic (exact) mass is 888 g/mol. The average Bonchev–Trinajstić information content (AvgIpc) is 3.61. The van der Waals surface area contributed by atoms with E-state index in [9.17, 15) is 19.7 Å². The molecule has 0 bridgehead atoms. The third-order valence-electron chi connectivity index (χ3n) is 9.23. The number of non-ortho nitro benzene ring substituents is 1. The van der Waals surface area contributed by atoms with Crippen LogP contribution in [0, 0.1) is 30.9 Å². The number of aryl methyl sites for hydroxylation is 4. The molecule has 0 saturated carbocycles. The minimum absolute atomic E-state index is 0.0195. The largest absolute Gasteiger partial charge is 0.480 e. The second-order valence-electron chi connectivity index (χ2n) is 12.2. The highest BCUT2D eigenvalue weighted by atomic mass is 79.9. The summed E-state index contributed by atoms with van der Waals surface area (Å²) in [5.74, 6) is -2.08. The van der Waals surface area contributed by atoms with E-state index in [1.807, 2.05) is 32.2 Å². The molecule has 2 atom stereocenters. The Labute approximate surface area is 319 Å². The van der Waals surface area contributed by atoms with Gasteiger partial charge in [-0.05, 0) is 68.3 Å². The number of nitrogens with zero attached hydrogens (tertiary/aromatic N) is 4. The lowest BCUT2D eigenvalue weighted by molar-refractivity contribution is -0.383. The summed E-state index contributed by atoms with van der Waals surface area (Å²) in [5.41, 5.74) is 18.8. The molecule has 51 heavy (non-hydrogen) atoms. The molecule has 0 aliphatic heterocycles. The second-order valence-corrected chi connectivity index (χ2v) is 14.8. The van der Waals surface area contributed by atoms with Crippen LogP contribution in [0.3, 0.4) is 0 Å². The standard InChI is InChI=1S/C13H14BrN3O4.C13H15BrN2O2.C10H10BrN/c1-6-7(5-9(15)13(18)19)11-8(14)3-4-10(17(20)21)12(11)16(6)2;1-7-8(6-10(15)13(17)18)12-9(14)4-3-5-11(12)16(7)2;1-7-6-8-9(11)4-3-5-10(8)12(7)2/h3-4,9H,5,15H2,1-2H3,(H,18,19);3-5,10H,6,15H2,1-2H3,(H,17,18);3-6H,1-2H3. The topological polar surface area (TPSA) is 185 Å². The van der Waals surface area contributed by atoms with Gasteiger partial charge in [0, 0.05) is 97.7 Å². The highest BCUT2D eigenvalue weighted by Crippen LogP contribution is 2.38. The third-order valence-corrected chi connectivity index (χ3v) is 11.2. The van der Waals surface area contributed by atoms with Gasteiger partial charge in [0.1, 0.15) is 17.6 Å². The molecule has 0 aliphatic carbocycles. The zero-order valence-corrected chi connectivity index (χ0v) is 33.6. The van der Waals surface area contributed by atoms with Gasteiger partial charge in [-0.25, -0.2) is 0 Å². The summed E-state index contributed by atoms with van der Waals surface area (Å²) in [5, 5.41) is 32.1. The lowest BCUT2D eigenvalue weighted by Crippen LogP contribution is -2.32. The Morgan fingerprint density at radius 3 is 1.76 bits per heavy atom. The van der Waals surface area contributed by atoms with E-state index in [2.05, 4.69) is 95.2 Å². The van der Waals surface area contributed by atoms with Gasteiger partial charge >= 0.3 is 11.9 Å². The SMILES string of the molecule is Cc1c(CC(N)C(=O)O)c2c(Br)ccc([N+](=O)[O-])c2n1C.Cc1c(CC(N)C(=O)O)c2c(Br)cccc2n1C.Cc1cc2c(Br)cccc2n1C. The molecule has 15 heteroatoms. The molecular formula is C36H39Br3N6O6. The van der Waals surface area contributed by atoms with E-state index in [1.165, 1.54) is 27.1 Å². The molecule has 0 saturated heterocycles. The lowest BCUT2D eigenvalue weighted by Gasteiger charge is -2.07. The highest BCUT2D eigenvalue weighted by Gasteiger charge is 2.25. The highest BCUT2D eigenvalue weighted by molar-refractivity contribution is 9.11. The van der Waals surface area contributed by atoms with Crippen LogP contribution in [0.4, 0.5) is 5.69 Å². The number of nitro benzene ring substituents is 1. The third kappa shape index (κ3) is 8.07. The first kappa shape index (κ1) is 39.8. The van der Waals surface area contributed by atoms with Crippen LogP contribution in [0.2, 0.25) is 0 Å². The normalized spacial score (nSPS) is 12.3. The van der Waals surface area contributed by atoms with Crippen molar-refractivity contribution in [3.63, 3.8) is 0 Å². The van der Waals surface area contributed by atoms with Crippen molar-refractivity contribution in [1.82, 2.24) is 13.7 Å². The van der Waals surface area contributed by atoms with Crippen molar-refractivity contribution in [2.45, 2.75) is 45.7 Å². The number of hydrogen-bond donors (Lipinski definition) is 4. The Bertz CT molecular complexity index is 2310. The quantitative estimate of drug-likeness (QED) is 0.0935. The molecule has 0 amide bonds. The summed E-state index contributed by atoms with van der Waals surface area (Å²) in [6.07, 6.45) is 0.444. The van der Waals surface area contributed by atoms with Crippen molar-refractivity contribution in [2.75, 3.05) is 0 Å². The number of rotatable bonds is 7. The fraction of sp³-hybridized carbons (Fsp3) is 0.278. The Morgan fingerprint density at radius 1 is 0.745 bits per heavy atom. The number of carbonyl (C=O) groups is 2. The molecule has 6 aromatic rings. The maximum absolute atomic E-state index is 11.2. The lowest BCUT2D eigenvalue weighted by atomic mass is 10.0. The summed E-state index contributed by atoms with van der Waals surface area (Å²) in [6, 6.07) is 15.5. The van der Waals surface area contributed by atoms with Gasteiger partial charge in [-0.3, -0.25) is 19.7 Å². The molecule has 0 aliphatic rings. The molecule has 3 aromatic heterocycles. The number of carboxylic acids is 2. The molecule has 0 spiro atoms. The number of benzene rings is 3. The molecule has 12 nitrogen and oxygen atoms in total. The van der Waals surface area contributed by atoms with Crippen LogP contribution in [-0.2, 0) is 43.6 Å². The Kier molecular flexibility index (Phi) is 12.6. The molecule has 3 aromatic carbocycles. The Hall–Kier alpha value is -4.02. The summed E-state index contributed by atoms with van der Waals surface area (Å²) < 4.78 is 8.77. The fourth-order valence-corrected chi connectivity index (χ4v) is 7.73. The predicted octanol–water partition coefficient (Wildman–Crippen LogP) is 7.56. The predicted molar refractivity (Wildman–Crippen MR) is 211 cm³/mol. The van der Waals surface area contributed by atoms with Gasteiger partial charge in [-0.1, -0.05) is 59.9 Å². The Balaban J connectivity index is 0.000000177. The van der Waals surface area contributed by atoms with Gasteiger partial charge < -0.3 is 35.4 Å². The van der Waals surface area contributed by atoms with Gasteiger partial charge in [-0.2, -0.15) is 0 Å². The van der Waals surface area contributed by atoms with E-state index >= 15 is 0 Å². The number of hydrogen-bond acceptors (Lipinski definition) is 6. The zero-order chi connectivity index (χ0) is 38.1. The molecule has 270 valence electrons. The number of fused-ring (bicyclic) bond motifs is 3. The van der Waals surface area contributed by atoms with Crippen LogP contribution in [0.1, 0.15) is 28.2 Å². The van der Waals surface area contributed by atoms with E-state index in [4.69, 9.17) is 21.7 Å². The van der Waals surface area contributed by atoms with Crippen molar-refractivity contribution in [3.05, 3.63) is 106 Å². The average molecular weight is 891 g/mol. The van der Waals surface area contributed by atoms with Crippen molar-refractivity contribution in [1.29, 1.82) is 0 Å². The first-order valence-electron chi connectivity index (χ1n) is 15.7. The van der Waals surface area contributed by atoms with Gasteiger partial charge in [0.05, 0.1) is 4.92 Å². The first-order chi connectivity index (χ1) is 23.9. The summed E-state index contributed by atoms with van der Waals surface area (Å²) in [7, 11) is 5.77. The number of nitrogens with two attached hydrogens (primary N) is 2. The number of halogens is 3. The van der Waals surface area contributed by atoms with Crippen LogP contribution in [0.5, 0.6) is 0 Å². The van der Waals surface area contributed by atoms with Crippen molar-refractivity contribution in [3.8, 4) is 0 Å². The van der Waals surface area contributed by atoms with Crippen molar-refractivity contribution in [2.24, 2.45) is 32.6 Å². The summed E-state index contributed by atoms with van der Waals surface area (Å²) in [4.78, 5) is 32.6. The van der Waals surface area contributed by atoms with Crippen LogP contribution >= 0.6 is 47.8 Å². The minimum Gasteiger partial charge on any atom is -0.480 e. The molecule has 3 heterocycles. The molecule has 6 rings (SSSR count). The number of aliphatic carboxylic acids is 2. The summed E-state index contributed by atoms with van der Waals surface area (Å²) in [6.45, 7) is 5.89. The van der Waals surface area contributed by atoms with Crippen molar-refractivity contribution >= 4 is 98.1 Å². The van der Waals surface area contributed by atoms with E-state index < -0.39 is 28.9 Å². The Morgan fingerprint density at radius 2 is 1.24 bits per heavy atom. The van der Waals surface area contributed by atoms with Gasteiger partial charge in [0.15, 0.2) is 0 Å². The maximum atomic E-state index is 11.2. The van der Waals surface area contributed by atoms with E-state index in [1.54, 1.807) is 24.6 Å². The second kappa shape index (κ2) is 16.1. The molecule has 2 unspecified atom stereocenters. The van der Waals surface area contributed by atoms with E-state index in [0.717, 1.165) is 32.3 Å². The van der Waals surface area contributed by atoms with Gasteiger partial charge in [0.25, 0.3) is 5.69 Å². The summed E-state index contributed by atoms with van der Waals surface area (Å²) >= 11 is 10.4. The van der Waals surface area contributed by atoms with Crippen molar-refractivity contribution < 1.29 is 24.7 Å². The molecule has 0 fully saturated rings. The van der Waals surface area contributed by atoms with Gasteiger partial charge in [0.2, 0.25) is 0 Å². The van der Waals surface area contributed by atoms with Crippen LogP contribution in [-0.4, -0.2) is 52.9 Å². The molecule has 6 N–H and O–H groups in total. The number of carboxylic acid groups (broad SMARTS) is 2. The molecular weight excluding hydrogens is 852 g/mol. The van der Waals surface area contributed by atoms with Gasteiger partial charge in [-0.15, -0.1) is 0 Å². The zero-order valence-electron chi connectivity index (χ0n) is 28.9. The molecule has 0 radical (unpaired) electrons. The maximum Gasteiger partial charge on any atom is 0.320 e. The van der Waals surface area contributed by atoms with Crippen LogP contribution in [0.15, 0.2) is 68.0 Å². The first-order valence-corrected chi connectivity index (χ1v) is 18.1. The fourth-order valence-electron chi connectivity index (χ4n) is 6.11.